The zero-order valence-corrected chi connectivity index (χ0v) is 13.6. The molecule has 1 aromatic heterocycles. The molecule has 0 saturated heterocycles. The molecule has 0 fully saturated rings. The van der Waals surface area contributed by atoms with Crippen LogP contribution in [0.2, 0.25) is 0 Å². The van der Waals surface area contributed by atoms with Gasteiger partial charge in [-0.15, -0.1) is 0 Å². The summed E-state index contributed by atoms with van der Waals surface area (Å²) in [6, 6.07) is 9.66. The van der Waals surface area contributed by atoms with E-state index in [4.69, 9.17) is 5.73 Å². The van der Waals surface area contributed by atoms with Crippen molar-refractivity contribution in [1.29, 1.82) is 5.26 Å². The molecular formula is C17H17N5O2. The van der Waals surface area contributed by atoms with Crippen molar-refractivity contribution in [2.75, 3.05) is 5.32 Å². The van der Waals surface area contributed by atoms with Crippen molar-refractivity contribution >= 4 is 5.82 Å². The van der Waals surface area contributed by atoms with Crippen LogP contribution in [0.3, 0.4) is 0 Å². The lowest BCUT2D eigenvalue weighted by molar-refractivity contribution is 0.664. The Hall–Kier alpha value is -3.27. The van der Waals surface area contributed by atoms with Crippen LogP contribution in [0.5, 0.6) is 0 Å². The number of benzene rings is 1. The summed E-state index contributed by atoms with van der Waals surface area (Å²) in [6.07, 6.45) is 0. The monoisotopic (exact) mass is 323 g/mol. The van der Waals surface area contributed by atoms with Crippen molar-refractivity contribution in [1.82, 2.24) is 9.13 Å². The highest BCUT2D eigenvalue weighted by molar-refractivity contribution is 5.64. The number of allylic oxidation sites excluding steroid dienone is 1. The number of nitrogens with zero attached hydrogens (tertiary/aromatic N) is 3. The van der Waals surface area contributed by atoms with Gasteiger partial charge in [0.05, 0.1) is 23.1 Å². The smallest absolute Gasteiger partial charge is 0.332 e. The Morgan fingerprint density at radius 2 is 1.96 bits per heavy atom. The summed E-state index contributed by atoms with van der Waals surface area (Å²) in [7, 11) is 2.98. The van der Waals surface area contributed by atoms with Crippen molar-refractivity contribution in [3.8, 4) is 6.07 Å². The molecular weight excluding hydrogens is 306 g/mol. The average molecular weight is 323 g/mol. The van der Waals surface area contributed by atoms with Crippen LogP contribution < -0.4 is 22.3 Å². The van der Waals surface area contributed by atoms with Gasteiger partial charge in [0, 0.05) is 14.1 Å². The van der Waals surface area contributed by atoms with Crippen LogP contribution in [-0.2, 0) is 14.1 Å². The molecule has 1 aliphatic rings. The second kappa shape index (κ2) is 5.42. The minimum absolute atomic E-state index is 0.153. The number of hydrogen-bond donors (Lipinski definition) is 2. The molecule has 24 heavy (non-hydrogen) atoms. The Morgan fingerprint density at radius 1 is 1.25 bits per heavy atom. The lowest BCUT2D eigenvalue weighted by Gasteiger charge is -2.28. The minimum Gasteiger partial charge on any atom is -0.384 e. The summed E-state index contributed by atoms with van der Waals surface area (Å²) in [5.41, 5.74) is 7.51. The Balaban J connectivity index is 2.44. The molecule has 0 radical (unpaired) electrons. The van der Waals surface area contributed by atoms with Gasteiger partial charge in [-0.05, 0) is 12.5 Å². The van der Waals surface area contributed by atoms with E-state index in [2.05, 4.69) is 11.4 Å². The standard InChI is InChI=1S/C17H17N5O2/c1-9-5-4-6-10(7-9)12-11(8-18)14(19)20-15-13(12)16(23)22(3)17(24)21(15)2/h4-7,12,20H,19H2,1-3H3. The van der Waals surface area contributed by atoms with Gasteiger partial charge in [-0.2, -0.15) is 5.26 Å². The molecule has 0 aliphatic carbocycles. The fourth-order valence-electron chi connectivity index (χ4n) is 3.08. The molecule has 2 heterocycles. The van der Waals surface area contributed by atoms with E-state index in [1.165, 1.54) is 11.6 Å². The summed E-state index contributed by atoms with van der Waals surface area (Å²) >= 11 is 0. The number of aryl methyl sites for hydroxylation is 1. The van der Waals surface area contributed by atoms with Crippen molar-refractivity contribution < 1.29 is 0 Å². The maximum atomic E-state index is 12.8. The van der Waals surface area contributed by atoms with E-state index in [1.54, 1.807) is 7.05 Å². The fourth-order valence-corrected chi connectivity index (χ4v) is 3.08. The van der Waals surface area contributed by atoms with Gasteiger partial charge in [-0.3, -0.25) is 13.9 Å². The van der Waals surface area contributed by atoms with Gasteiger partial charge in [-0.1, -0.05) is 29.8 Å². The molecule has 122 valence electrons. The second-order valence-electron chi connectivity index (χ2n) is 5.88. The predicted molar refractivity (Wildman–Crippen MR) is 90.4 cm³/mol. The summed E-state index contributed by atoms with van der Waals surface area (Å²) in [5.74, 6) is -0.137. The molecule has 0 saturated carbocycles. The molecule has 1 unspecified atom stereocenters. The topological polar surface area (TPSA) is 106 Å². The van der Waals surface area contributed by atoms with Crippen LogP contribution in [0, 0.1) is 18.3 Å². The number of aromatic nitrogens is 2. The molecule has 7 heteroatoms. The lowest BCUT2D eigenvalue weighted by Crippen LogP contribution is -2.43. The van der Waals surface area contributed by atoms with Crippen molar-refractivity contribution in [2.45, 2.75) is 12.8 Å². The maximum absolute atomic E-state index is 12.8. The molecule has 7 nitrogen and oxygen atoms in total. The first-order chi connectivity index (χ1) is 11.4. The van der Waals surface area contributed by atoms with E-state index in [-0.39, 0.29) is 11.4 Å². The molecule has 1 atom stereocenters. The SMILES string of the molecule is Cc1cccc(C2C(C#N)=C(N)Nc3c2c(=O)n(C)c(=O)n3C)c1. The van der Waals surface area contributed by atoms with Gasteiger partial charge in [0.2, 0.25) is 0 Å². The summed E-state index contributed by atoms with van der Waals surface area (Å²) < 4.78 is 2.38. The molecule has 0 bridgehead atoms. The van der Waals surface area contributed by atoms with Crippen LogP contribution in [-0.4, -0.2) is 9.13 Å². The number of nitriles is 1. The second-order valence-corrected chi connectivity index (χ2v) is 5.88. The van der Waals surface area contributed by atoms with E-state index in [0.29, 0.717) is 11.4 Å². The number of rotatable bonds is 1. The molecule has 0 spiro atoms. The van der Waals surface area contributed by atoms with E-state index >= 15 is 0 Å². The number of anilines is 1. The van der Waals surface area contributed by atoms with E-state index in [9.17, 15) is 14.9 Å². The van der Waals surface area contributed by atoms with Crippen molar-refractivity contribution in [3.63, 3.8) is 0 Å². The summed E-state index contributed by atoms with van der Waals surface area (Å²) in [5, 5.41) is 12.4. The summed E-state index contributed by atoms with van der Waals surface area (Å²) in [6.45, 7) is 1.93. The highest BCUT2D eigenvalue weighted by atomic mass is 16.2. The van der Waals surface area contributed by atoms with Crippen LogP contribution in [0.25, 0.3) is 0 Å². The molecule has 0 amide bonds. The number of hydrogen-bond acceptors (Lipinski definition) is 5. The van der Waals surface area contributed by atoms with Gasteiger partial charge in [-0.25, -0.2) is 4.79 Å². The van der Waals surface area contributed by atoms with Crippen LogP contribution in [0.4, 0.5) is 5.82 Å². The normalized spacial score (nSPS) is 16.3. The van der Waals surface area contributed by atoms with Gasteiger partial charge in [0.25, 0.3) is 5.56 Å². The van der Waals surface area contributed by atoms with Crippen molar-refractivity contribution in [2.24, 2.45) is 19.8 Å². The molecule has 3 N–H and O–H groups in total. The lowest BCUT2D eigenvalue weighted by atomic mass is 9.83. The third-order valence-corrected chi connectivity index (χ3v) is 4.32. The molecule has 1 aliphatic heterocycles. The zero-order chi connectivity index (χ0) is 17.6. The molecule has 2 aromatic rings. The van der Waals surface area contributed by atoms with Gasteiger partial charge in [0.15, 0.2) is 0 Å². The first-order valence-electron chi connectivity index (χ1n) is 7.40. The largest absolute Gasteiger partial charge is 0.384 e. The van der Waals surface area contributed by atoms with Crippen LogP contribution in [0.15, 0.2) is 45.2 Å². The van der Waals surface area contributed by atoms with Crippen LogP contribution >= 0.6 is 0 Å². The Kier molecular flexibility index (Phi) is 3.53. The highest BCUT2D eigenvalue weighted by Crippen LogP contribution is 2.37. The van der Waals surface area contributed by atoms with E-state index in [1.807, 2.05) is 31.2 Å². The van der Waals surface area contributed by atoms with Crippen LogP contribution in [0.1, 0.15) is 22.6 Å². The van der Waals surface area contributed by atoms with Crippen molar-refractivity contribution in [3.05, 3.63) is 73.2 Å². The Bertz CT molecular complexity index is 1040. The first kappa shape index (κ1) is 15.6. The minimum atomic E-state index is -0.614. The third-order valence-electron chi connectivity index (χ3n) is 4.32. The van der Waals surface area contributed by atoms with E-state index in [0.717, 1.165) is 15.7 Å². The van der Waals surface area contributed by atoms with Gasteiger partial charge in [0.1, 0.15) is 11.6 Å². The van der Waals surface area contributed by atoms with Gasteiger partial charge < -0.3 is 11.1 Å². The third kappa shape index (κ3) is 2.12. The number of fused-ring (bicyclic) bond motifs is 1. The maximum Gasteiger partial charge on any atom is 0.332 e. The van der Waals surface area contributed by atoms with E-state index < -0.39 is 17.2 Å². The Morgan fingerprint density at radius 3 is 2.58 bits per heavy atom. The van der Waals surface area contributed by atoms with Gasteiger partial charge >= 0.3 is 5.69 Å². The zero-order valence-electron chi connectivity index (χ0n) is 13.6. The quantitative estimate of drug-likeness (QED) is 0.801. The summed E-state index contributed by atoms with van der Waals surface area (Å²) in [4.78, 5) is 24.9. The average Bonchev–Trinajstić information content (AvgIpc) is 2.57. The fraction of sp³-hybridized carbons (Fsp3) is 0.235. The first-order valence-corrected chi connectivity index (χ1v) is 7.40. The number of nitrogens with two attached hydrogens (primary N) is 1. The molecule has 1 aromatic carbocycles. The predicted octanol–water partition coefficient (Wildman–Crippen LogP) is 0.644. The Labute approximate surface area is 138 Å². The number of nitrogens with one attached hydrogen (secondary N) is 1. The molecule has 3 rings (SSSR count). The highest BCUT2D eigenvalue weighted by Gasteiger charge is 2.34.